The third-order valence-electron chi connectivity index (χ3n) is 8.83. The van der Waals surface area contributed by atoms with Crippen LogP contribution in [-0.2, 0) is 20.9 Å². The van der Waals surface area contributed by atoms with Crippen LogP contribution in [0.2, 0.25) is 10.0 Å². The molecular formula is C34H41Cl2N7O4. The number of pyridine rings is 1. The number of nitrogens with one attached hydrogen (secondary N) is 1. The molecule has 1 saturated carbocycles. The van der Waals surface area contributed by atoms with E-state index in [2.05, 4.69) is 36.1 Å². The van der Waals surface area contributed by atoms with E-state index in [0.29, 0.717) is 45.8 Å². The van der Waals surface area contributed by atoms with Gasteiger partial charge in [-0.2, -0.15) is 0 Å². The minimum Gasteiger partial charge on any atom is -0.464 e. The van der Waals surface area contributed by atoms with Crippen molar-refractivity contribution >= 4 is 41.0 Å². The zero-order valence-electron chi connectivity index (χ0n) is 26.7. The topological polar surface area (TPSA) is 113 Å². The Hall–Kier alpha value is -3.51. The van der Waals surface area contributed by atoms with Gasteiger partial charge in [-0.15, -0.1) is 0 Å². The third kappa shape index (κ3) is 9.76. The second kappa shape index (κ2) is 15.6. The Balaban J connectivity index is 1.08. The number of carbonyl (C=O) groups excluding carboxylic acids is 2. The molecular weight excluding hydrogens is 641 g/mol. The van der Waals surface area contributed by atoms with Crippen LogP contribution in [-0.4, -0.2) is 95.6 Å². The van der Waals surface area contributed by atoms with Gasteiger partial charge in [0.2, 0.25) is 17.7 Å². The van der Waals surface area contributed by atoms with Crippen LogP contribution in [0.5, 0.6) is 11.6 Å². The van der Waals surface area contributed by atoms with E-state index < -0.39 is 0 Å². The maximum absolute atomic E-state index is 11.8. The summed E-state index contributed by atoms with van der Waals surface area (Å²) in [7, 11) is 0. The van der Waals surface area contributed by atoms with Crippen LogP contribution in [0, 0.1) is 11.8 Å². The molecule has 2 saturated heterocycles. The second-order valence-corrected chi connectivity index (χ2v) is 13.5. The number of hydrogen-bond donors (Lipinski definition) is 1. The Bertz CT molecular complexity index is 1520. The Labute approximate surface area is 285 Å². The van der Waals surface area contributed by atoms with Crippen molar-refractivity contribution in [3.63, 3.8) is 0 Å². The smallest absolute Gasteiger partial charge is 0.308 e. The van der Waals surface area contributed by atoms with E-state index in [1.807, 2.05) is 18.2 Å². The number of piperazine rings is 1. The van der Waals surface area contributed by atoms with Crippen molar-refractivity contribution in [1.29, 1.82) is 0 Å². The first-order valence-electron chi connectivity index (χ1n) is 16.4. The number of ether oxygens (including phenoxy) is 2. The second-order valence-electron chi connectivity index (χ2n) is 12.6. The number of carbonyl (C=O) groups is 2. The van der Waals surface area contributed by atoms with Crippen molar-refractivity contribution in [2.24, 2.45) is 11.8 Å². The summed E-state index contributed by atoms with van der Waals surface area (Å²) < 4.78 is 11.6. The minimum atomic E-state index is -0.0531. The van der Waals surface area contributed by atoms with Crippen molar-refractivity contribution < 1.29 is 19.1 Å². The van der Waals surface area contributed by atoms with E-state index >= 15 is 0 Å². The highest BCUT2D eigenvalue weighted by molar-refractivity contribution is 6.35. The zero-order valence-corrected chi connectivity index (χ0v) is 28.2. The molecule has 2 aromatic heterocycles. The lowest BCUT2D eigenvalue weighted by Gasteiger charge is -2.34. The van der Waals surface area contributed by atoms with Gasteiger partial charge in [0.25, 0.3) is 0 Å². The summed E-state index contributed by atoms with van der Waals surface area (Å²) >= 11 is 12.7. The van der Waals surface area contributed by atoms with E-state index in [4.69, 9.17) is 37.7 Å². The molecule has 47 heavy (non-hydrogen) atoms. The number of hydrogen-bond acceptors (Lipinski definition) is 10. The highest BCUT2D eigenvalue weighted by atomic mass is 35.5. The first-order chi connectivity index (χ1) is 22.8. The molecule has 6 rings (SSSR count). The molecule has 0 bridgehead atoms. The number of amides is 1. The van der Waals surface area contributed by atoms with Crippen LogP contribution < -0.4 is 15.0 Å². The van der Waals surface area contributed by atoms with Gasteiger partial charge in [-0.25, -0.2) is 15.0 Å². The standard InChI is InChI=1S/C34H41Cl2N7O4/c1-23(44)37-19-24-4-6-42(7-5-24)22-25-14-31(27-16-28(35)18-29(36)17-27)40-32(15-25)47-30-20-38-34(39-21-30)43-10-8-41(9-11-43)12-13-46-33(45)26-2-3-26/h14-18,20-21,24,26H,2-13,19,22H2,1H3,(H,37,44). The van der Waals surface area contributed by atoms with Crippen LogP contribution in [0.1, 0.15) is 38.2 Å². The molecule has 13 heteroatoms. The highest BCUT2D eigenvalue weighted by Crippen LogP contribution is 2.31. The Morgan fingerprint density at radius 2 is 1.60 bits per heavy atom. The van der Waals surface area contributed by atoms with Gasteiger partial charge >= 0.3 is 5.97 Å². The SMILES string of the molecule is CC(=O)NCC1CCN(Cc2cc(Oc3cnc(N4CCN(CCOC(=O)C5CC5)CC4)nc3)nc(-c3cc(Cl)cc(Cl)c3)c2)CC1. The number of halogens is 2. The van der Waals surface area contributed by atoms with Crippen molar-refractivity contribution in [2.45, 2.75) is 39.2 Å². The Morgan fingerprint density at radius 3 is 2.26 bits per heavy atom. The van der Waals surface area contributed by atoms with Gasteiger partial charge in [0.15, 0.2) is 5.75 Å². The van der Waals surface area contributed by atoms with Gasteiger partial charge in [0.1, 0.15) is 6.61 Å². The van der Waals surface area contributed by atoms with Crippen LogP contribution in [0.25, 0.3) is 11.3 Å². The van der Waals surface area contributed by atoms with Crippen LogP contribution >= 0.6 is 23.2 Å². The van der Waals surface area contributed by atoms with E-state index in [1.165, 1.54) is 0 Å². The number of piperidine rings is 1. The van der Waals surface area contributed by atoms with Gasteiger partial charge in [-0.05, 0) is 74.5 Å². The molecule has 4 heterocycles. The zero-order chi connectivity index (χ0) is 32.8. The average molecular weight is 683 g/mol. The molecule has 1 amide bonds. The van der Waals surface area contributed by atoms with Gasteiger partial charge < -0.3 is 19.7 Å². The normalized spacial score (nSPS) is 17.8. The number of benzene rings is 1. The predicted octanol–water partition coefficient (Wildman–Crippen LogP) is 5.06. The molecule has 250 valence electrons. The summed E-state index contributed by atoms with van der Waals surface area (Å²) in [5.74, 6) is 2.16. The molecule has 3 aromatic rings. The van der Waals surface area contributed by atoms with Crippen LogP contribution in [0.15, 0.2) is 42.7 Å². The average Bonchev–Trinajstić information content (AvgIpc) is 3.91. The number of likely N-dealkylation sites (tertiary alicyclic amines) is 1. The van der Waals surface area contributed by atoms with Gasteiger partial charge in [-0.3, -0.25) is 19.4 Å². The van der Waals surface area contributed by atoms with Gasteiger partial charge in [-0.1, -0.05) is 23.2 Å². The number of rotatable bonds is 12. The molecule has 3 fully saturated rings. The van der Waals surface area contributed by atoms with Crippen LogP contribution in [0.4, 0.5) is 5.95 Å². The minimum absolute atomic E-state index is 0.0181. The first-order valence-corrected chi connectivity index (χ1v) is 17.1. The molecule has 11 nitrogen and oxygen atoms in total. The van der Waals surface area contributed by atoms with E-state index in [0.717, 1.165) is 95.7 Å². The first kappa shape index (κ1) is 33.4. The maximum atomic E-state index is 11.8. The molecule has 1 N–H and O–H groups in total. The maximum Gasteiger partial charge on any atom is 0.308 e. The van der Waals surface area contributed by atoms with E-state index in [1.54, 1.807) is 25.4 Å². The summed E-state index contributed by atoms with van der Waals surface area (Å²) in [5.41, 5.74) is 2.56. The molecule has 0 radical (unpaired) electrons. The fourth-order valence-corrected chi connectivity index (χ4v) is 6.50. The molecule has 1 aromatic carbocycles. The van der Waals surface area contributed by atoms with Crippen molar-refractivity contribution in [2.75, 3.05) is 63.9 Å². The van der Waals surface area contributed by atoms with Crippen molar-refractivity contribution in [3.8, 4) is 22.9 Å². The third-order valence-corrected chi connectivity index (χ3v) is 9.26. The monoisotopic (exact) mass is 681 g/mol. The highest BCUT2D eigenvalue weighted by Gasteiger charge is 2.31. The van der Waals surface area contributed by atoms with Crippen molar-refractivity contribution in [1.82, 2.24) is 30.1 Å². The largest absolute Gasteiger partial charge is 0.464 e. The van der Waals surface area contributed by atoms with Gasteiger partial charge in [0.05, 0.1) is 24.0 Å². The molecule has 3 aliphatic rings. The fraction of sp³-hybridized carbons (Fsp3) is 0.500. The molecule has 1 aliphatic carbocycles. The lowest BCUT2D eigenvalue weighted by atomic mass is 9.96. The summed E-state index contributed by atoms with van der Waals surface area (Å²) in [4.78, 5) is 43.9. The Morgan fingerprint density at radius 1 is 0.894 bits per heavy atom. The summed E-state index contributed by atoms with van der Waals surface area (Å²) in [6.45, 7) is 9.37. The molecule has 0 atom stereocenters. The van der Waals surface area contributed by atoms with Crippen LogP contribution in [0.3, 0.4) is 0 Å². The quantitative estimate of drug-likeness (QED) is 0.260. The van der Waals surface area contributed by atoms with E-state index in [9.17, 15) is 9.59 Å². The summed E-state index contributed by atoms with van der Waals surface area (Å²) in [6, 6.07) is 9.39. The summed E-state index contributed by atoms with van der Waals surface area (Å²) in [6.07, 6.45) is 7.34. The Kier molecular flexibility index (Phi) is 11.1. The number of anilines is 1. The predicted molar refractivity (Wildman–Crippen MR) is 181 cm³/mol. The van der Waals surface area contributed by atoms with Gasteiger partial charge in [0, 0.05) is 74.4 Å². The lowest BCUT2D eigenvalue weighted by molar-refractivity contribution is -0.145. The molecule has 0 unspecified atom stereocenters. The molecule has 0 spiro atoms. The van der Waals surface area contributed by atoms with Crippen molar-refractivity contribution in [3.05, 3.63) is 58.3 Å². The number of aromatic nitrogens is 3. The number of nitrogens with zero attached hydrogens (tertiary/aromatic N) is 6. The lowest BCUT2D eigenvalue weighted by Crippen LogP contribution is -2.48. The molecule has 2 aliphatic heterocycles. The number of esters is 1. The summed E-state index contributed by atoms with van der Waals surface area (Å²) in [5, 5.41) is 4.02. The fourth-order valence-electron chi connectivity index (χ4n) is 5.98. The van der Waals surface area contributed by atoms with E-state index in [-0.39, 0.29) is 17.8 Å².